The molecule has 0 radical (unpaired) electrons. The fourth-order valence-corrected chi connectivity index (χ4v) is 1.74. The predicted octanol–water partition coefficient (Wildman–Crippen LogP) is -0.805. The number of aliphatic hydroxyl groups excluding tert-OH is 2. The largest absolute Gasteiger partial charge is 0.463 e. The summed E-state index contributed by atoms with van der Waals surface area (Å²) in [5.74, 6) is -1.72. The van der Waals surface area contributed by atoms with E-state index in [1.807, 2.05) is 0 Å². The summed E-state index contributed by atoms with van der Waals surface area (Å²) in [5, 5.41) is 19.5. The lowest BCUT2D eigenvalue weighted by atomic mass is 9.92. The van der Waals surface area contributed by atoms with Gasteiger partial charge in [-0.3, -0.25) is 9.59 Å². The third-order valence-electron chi connectivity index (χ3n) is 2.76. The molecule has 0 amide bonds. The monoisotopic (exact) mass is 262 g/mol. The summed E-state index contributed by atoms with van der Waals surface area (Å²) in [6.45, 7) is 3.78. The summed E-state index contributed by atoms with van der Waals surface area (Å²) in [6.07, 6.45) is -4.15. The standard InChI is InChI=1S/C11H18O7/c1-5-9(14)10(17-7(3)13)8(18-11(5)15)4-16-6(2)12/h5,8-11,14-15H,4H2,1-3H3/t5-,8?,9?,10?,11?/m0/s1. The summed E-state index contributed by atoms with van der Waals surface area (Å²) in [5.41, 5.74) is 0. The Morgan fingerprint density at radius 2 is 1.83 bits per heavy atom. The molecule has 104 valence electrons. The molecule has 1 rings (SSSR count). The molecule has 1 aliphatic heterocycles. The van der Waals surface area contributed by atoms with Crippen molar-refractivity contribution < 1.29 is 34.0 Å². The maximum Gasteiger partial charge on any atom is 0.303 e. The second-order valence-electron chi connectivity index (χ2n) is 4.29. The minimum absolute atomic E-state index is 0.200. The van der Waals surface area contributed by atoms with Gasteiger partial charge in [0, 0.05) is 19.8 Å². The minimum Gasteiger partial charge on any atom is -0.463 e. The van der Waals surface area contributed by atoms with Crippen LogP contribution >= 0.6 is 0 Å². The maximum absolute atomic E-state index is 11.0. The Morgan fingerprint density at radius 3 is 2.33 bits per heavy atom. The summed E-state index contributed by atoms with van der Waals surface area (Å²) in [4.78, 5) is 21.7. The summed E-state index contributed by atoms with van der Waals surface area (Å²) in [6, 6.07) is 0. The van der Waals surface area contributed by atoms with E-state index in [1.165, 1.54) is 13.8 Å². The Labute approximate surface area is 105 Å². The Bertz CT molecular complexity index is 317. The molecule has 1 heterocycles. The van der Waals surface area contributed by atoms with Crippen LogP contribution in [0.1, 0.15) is 20.8 Å². The van der Waals surface area contributed by atoms with Crippen molar-refractivity contribution in [3.05, 3.63) is 0 Å². The van der Waals surface area contributed by atoms with Crippen molar-refractivity contribution in [2.45, 2.75) is 45.4 Å². The zero-order valence-electron chi connectivity index (χ0n) is 10.5. The van der Waals surface area contributed by atoms with Crippen LogP contribution in [0.5, 0.6) is 0 Å². The van der Waals surface area contributed by atoms with E-state index >= 15 is 0 Å². The van der Waals surface area contributed by atoms with Crippen LogP contribution in [0.2, 0.25) is 0 Å². The fraction of sp³-hybridized carbons (Fsp3) is 0.818. The van der Waals surface area contributed by atoms with Crippen molar-refractivity contribution in [2.75, 3.05) is 6.61 Å². The average molecular weight is 262 g/mol. The highest BCUT2D eigenvalue weighted by Gasteiger charge is 2.44. The highest BCUT2D eigenvalue weighted by Crippen LogP contribution is 2.27. The first kappa shape index (κ1) is 14.9. The molecular weight excluding hydrogens is 244 g/mol. The molecular formula is C11H18O7. The zero-order valence-corrected chi connectivity index (χ0v) is 10.5. The van der Waals surface area contributed by atoms with Crippen molar-refractivity contribution in [3.63, 3.8) is 0 Å². The molecule has 1 fully saturated rings. The molecule has 4 unspecified atom stereocenters. The van der Waals surface area contributed by atoms with Crippen molar-refractivity contribution >= 4 is 11.9 Å². The highest BCUT2D eigenvalue weighted by atomic mass is 16.7. The molecule has 1 aliphatic rings. The topological polar surface area (TPSA) is 102 Å². The molecule has 0 aliphatic carbocycles. The maximum atomic E-state index is 11.0. The third-order valence-corrected chi connectivity index (χ3v) is 2.76. The van der Waals surface area contributed by atoms with Gasteiger partial charge in [-0.2, -0.15) is 0 Å². The average Bonchev–Trinajstić information content (AvgIpc) is 2.27. The van der Waals surface area contributed by atoms with Gasteiger partial charge in [0.05, 0.1) is 0 Å². The number of carbonyl (C=O) groups is 2. The van der Waals surface area contributed by atoms with Crippen LogP contribution in [0, 0.1) is 5.92 Å². The smallest absolute Gasteiger partial charge is 0.303 e. The van der Waals surface area contributed by atoms with E-state index in [0.717, 1.165) is 0 Å². The molecule has 7 nitrogen and oxygen atoms in total. The van der Waals surface area contributed by atoms with E-state index in [9.17, 15) is 19.8 Å². The molecule has 0 aromatic heterocycles. The quantitative estimate of drug-likeness (QED) is 0.641. The summed E-state index contributed by atoms with van der Waals surface area (Å²) in [7, 11) is 0. The summed E-state index contributed by atoms with van der Waals surface area (Å²) < 4.78 is 14.9. The predicted molar refractivity (Wildman–Crippen MR) is 58.2 cm³/mol. The van der Waals surface area contributed by atoms with Gasteiger partial charge in [-0.25, -0.2) is 0 Å². The van der Waals surface area contributed by atoms with E-state index in [1.54, 1.807) is 6.92 Å². The van der Waals surface area contributed by atoms with Gasteiger partial charge in [0.2, 0.25) is 0 Å². The van der Waals surface area contributed by atoms with Crippen LogP contribution in [0.4, 0.5) is 0 Å². The Kier molecular flexibility index (Phi) is 5.06. The van der Waals surface area contributed by atoms with Gasteiger partial charge in [0.15, 0.2) is 12.4 Å². The zero-order chi connectivity index (χ0) is 13.9. The molecule has 2 N–H and O–H groups in total. The Balaban J connectivity index is 2.75. The lowest BCUT2D eigenvalue weighted by Crippen LogP contribution is -2.56. The first-order valence-corrected chi connectivity index (χ1v) is 5.65. The highest BCUT2D eigenvalue weighted by molar-refractivity contribution is 5.66. The number of aliphatic hydroxyl groups is 2. The van der Waals surface area contributed by atoms with E-state index in [-0.39, 0.29) is 6.61 Å². The molecule has 18 heavy (non-hydrogen) atoms. The summed E-state index contributed by atoms with van der Waals surface area (Å²) >= 11 is 0. The normalized spacial score (nSPS) is 35.9. The van der Waals surface area contributed by atoms with Crippen molar-refractivity contribution in [1.29, 1.82) is 0 Å². The first-order valence-electron chi connectivity index (χ1n) is 5.65. The van der Waals surface area contributed by atoms with Crippen LogP contribution < -0.4 is 0 Å². The molecule has 7 heteroatoms. The molecule has 1 saturated heterocycles. The molecule has 0 saturated carbocycles. The van der Waals surface area contributed by atoms with E-state index in [4.69, 9.17) is 14.2 Å². The van der Waals surface area contributed by atoms with Crippen LogP contribution in [-0.4, -0.2) is 53.4 Å². The van der Waals surface area contributed by atoms with Crippen LogP contribution in [0.15, 0.2) is 0 Å². The van der Waals surface area contributed by atoms with Gasteiger partial charge in [-0.05, 0) is 0 Å². The van der Waals surface area contributed by atoms with Crippen molar-refractivity contribution in [2.24, 2.45) is 5.92 Å². The third kappa shape index (κ3) is 3.66. The lowest BCUT2D eigenvalue weighted by molar-refractivity contribution is -0.271. The van der Waals surface area contributed by atoms with E-state index in [0.29, 0.717) is 0 Å². The molecule has 0 spiro atoms. The van der Waals surface area contributed by atoms with Crippen molar-refractivity contribution in [3.8, 4) is 0 Å². The Morgan fingerprint density at radius 1 is 1.22 bits per heavy atom. The second-order valence-corrected chi connectivity index (χ2v) is 4.29. The lowest BCUT2D eigenvalue weighted by Gasteiger charge is -2.40. The molecule has 0 aromatic rings. The number of esters is 2. The van der Waals surface area contributed by atoms with Crippen LogP contribution in [-0.2, 0) is 23.8 Å². The van der Waals surface area contributed by atoms with Gasteiger partial charge in [0.25, 0.3) is 0 Å². The van der Waals surface area contributed by atoms with Crippen molar-refractivity contribution in [1.82, 2.24) is 0 Å². The van der Waals surface area contributed by atoms with Gasteiger partial charge in [-0.15, -0.1) is 0 Å². The van der Waals surface area contributed by atoms with E-state index < -0.39 is 42.5 Å². The minimum atomic E-state index is -1.20. The number of ether oxygens (including phenoxy) is 3. The molecule has 5 atom stereocenters. The Hall–Kier alpha value is -1.18. The second kappa shape index (κ2) is 6.12. The van der Waals surface area contributed by atoms with Gasteiger partial charge >= 0.3 is 11.9 Å². The first-order chi connectivity index (χ1) is 8.32. The molecule has 0 bridgehead atoms. The number of carbonyl (C=O) groups excluding carboxylic acids is 2. The number of hydrogen-bond acceptors (Lipinski definition) is 7. The fourth-order valence-electron chi connectivity index (χ4n) is 1.74. The van der Waals surface area contributed by atoms with Gasteiger partial charge < -0.3 is 24.4 Å². The van der Waals surface area contributed by atoms with E-state index in [2.05, 4.69) is 0 Å². The van der Waals surface area contributed by atoms with Gasteiger partial charge in [0.1, 0.15) is 18.8 Å². The molecule has 0 aromatic carbocycles. The van der Waals surface area contributed by atoms with Crippen LogP contribution in [0.3, 0.4) is 0 Å². The SMILES string of the molecule is CC(=O)OCC1OC(O)[C@@H](C)C(O)C1OC(C)=O. The number of hydrogen-bond donors (Lipinski definition) is 2. The van der Waals surface area contributed by atoms with Gasteiger partial charge in [-0.1, -0.05) is 6.92 Å². The number of rotatable bonds is 3. The van der Waals surface area contributed by atoms with Crippen LogP contribution in [0.25, 0.3) is 0 Å².